The van der Waals surface area contributed by atoms with E-state index in [0.717, 1.165) is 24.8 Å². The van der Waals surface area contributed by atoms with Crippen LogP contribution in [0.15, 0.2) is 23.4 Å². The van der Waals surface area contributed by atoms with Crippen molar-refractivity contribution in [2.75, 3.05) is 0 Å². The standard InChI is InChI=1S/C10H10INO/c11-8-4-5-9-7(6-8)2-1-3-10(9)12-13/h4-6,10H,1-3H2. The van der Waals surface area contributed by atoms with Gasteiger partial charge in [-0.1, -0.05) is 11.2 Å². The first-order valence-electron chi connectivity index (χ1n) is 4.42. The zero-order valence-electron chi connectivity index (χ0n) is 7.16. The van der Waals surface area contributed by atoms with Crippen molar-refractivity contribution in [2.45, 2.75) is 25.3 Å². The Hall–Kier alpha value is -0.450. The van der Waals surface area contributed by atoms with Crippen molar-refractivity contribution in [3.05, 3.63) is 37.8 Å². The molecular formula is C10H10INO. The lowest BCUT2D eigenvalue weighted by atomic mass is 9.88. The van der Waals surface area contributed by atoms with Gasteiger partial charge in [0.25, 0.3) is 0 Å². The van der Waals surface area contributed by atoms with Gasteiger partial charge >= 0.3 is 0 Å². The minimum absolute atomic E-state index is 0.0965. The Morgan fingerprint density at radius 1 is 1.46 bits per heavy atom. The summed E-state index contributed by atoms with van der Waals surface area (Å²) in [5.74, 6) is 0. The van der Waals surface area contributed by atoms with E-state index in [9.17, 15) is 4.91 Å². The Morgan fingerprint density at radius 3 is 3.08 bits per heavy atom. The van der Waals surface area contributed by atoms with Gasteiger partial charge in [-0.3, -0.25) is 0 Å². The normalized spacial score (nSPS) is 20.8. The van der Waals surface area contributed by atoms with E-state index in [2.05, 4.69) is 33.8 Å². The average molecular weight is 287 g/mol. The molecule has 1 aromatic carbocycles. The van der Waals surface area contributed by atoms with Crippen LogP contribution in [0.4, 0.5) is 0 Å². The molecule has 1 aromatic rings. The maximum absolute atomic E-state index is 10.6. The van der Waals surface area contributed by atoms with Crippen LogP contribution in [0.2, 0.25) is 0 Å². The topological polar surface area (TPSA) is 29.4 Å². The van der Waals surface area contributed by atoms with Crippen molar-refractivity contribution in [1.82, 2.24) is 0 Å². The van der Waals surface area contributed by atoms with Crippen molar-refractivity contribution in [3.63, 3.8) is 0 Å². The summed E-state index contributed by atoms with van der Waals surface area (Å²) in [6.45, 7) is 0. The molecule has 2 rings (SSSR count). The fourth-order valence-electron chi connectivity index (χ4n) is 1.87. The van der Waals surface area contributed by atoms with E-state index >= 15 is 0 Å². The van der Waals surface area contributed by atoms with Gasteiger partial charge in [0.2, 0.25) is 0 Å². The maximum atomic E-state index is 10.6. The largest absolute Gasteiger partial charge is 0.150 e. The van der Waals surface area contributed by atoms with Crippen LogP contribution < -0.4 is 0 Å². The molecule has 0 N–H and O–H groups in total. The van der Waals surface area contributed by atoms with E-state index in [-0.39, 0.29) is 6.04 Å². The van der Waals surface area contributed by atoms with Crippen LogP contribution in [0.3, 0.4) is 0 Å². The summed E-state index contributed by atoms with van der Waals surface area (Å²) in [7, 11) is 0. The first kappa shape index (κ1) is 9.12. The molecule has 1 atom stereocenters. The third kappa shape index (κ3) is 1.75. The predicted octanol–water partition coefficient (Wildman–Crippen LogP) is 3.44. The molecule has 3 heteroatoms. The number of hydrogen-bond acceptors (Lipinski definition) is 2. The fraction of sp³-hybridized carbons (Fsp3) is 0.400. The zero-order valence-corrected chi connectivity index (χ0v) is 9.32. The number of fused-ring (bicyclic) bond motifs is 1. The highest BCUT2D eigenvalue weighted by Gasteiger charge is 2.20. The van der Waals surface area contributed by atoms with Gasteiger partial charge in [0.05, 0.1) is 0 Å². The van der Waals surface area contributed by atoms with Crippen LogP contribution in [0, 0.1) is 8.48 Å². The number of aryl methyl sites for hydroxylation is 1. The van der Waals surface area contributed by atoms with Crippen molar-refractivity contribution >= 4 is 22.6 Å². The highest BCUT2D eigenvalue weighted by Crippen LogP contribution is 2.32. The molecule has 2 nitrogen and oxygen atoms in total. The first-order valence-corrected chi connectivity index (χ1v) is 5.50. The quantitative estimate of drug-likeness (QED) is 0.574. The van der Waals surface area contributed by atoms with E-state index < -0.39 is 0 Å². The van der Waals surface area contributed by atoms with Gasteiger partial charge in [0.1, 0.15) is 6.04 Å². The fourth-order valence-corrected chi connectivity index (χ4v) is 2.42. The molecule has 0 radical (unpaired) electrons. The van der Waals surface area contributed by atoms with Crippen LogP contribution >= 0.6 is 22.6 Å². The minimum atomic E-state index is -0.0965. The van der Waals surface area contributed by atoms with Gasteiger partial charge in [-0.05, 0) is 65.1 Å². The summed E-state index contributed by atoms with van der Waals surface area (Å²) in [5, 5.41) is 3.17. The summed E-state index contributed by atoms with van der Waals surface area (Å²) >= 11 is 2.30. The number of benzene rings is 1. The van der Waals surface area contributed by atoms with Crippen molar-refractivity contribution in [3.8, 4) is 0 Å². The molecule has 68 valence electrons. The van der Waals surface area contributed by atoms with E-state index in [1.807, 2.05) is 12.1 Å². The van der Waals surface area contributed by atoms with Crippen LogP contribution in [0.1, 0.15) is 30.0 Å². The molecule has 1 aliphatic rings. The second-order valence-electron chi connectivity index (χ2n) is 3.36. The van der Waals surface area contributed by atoms with Gasteiger partial charge in [0, 0.05) is 3.57 Å². The molecule has 0 aromatic heterocycles. The van der Waals surface area contributed by atoms with Gasteiger partial charge in [0.15, 0.2) is 0 Å². The van der Waals surface area contributed by atoms with E-state index in [0.29, 0.717) is 0 Å². The SMILES string of the molecule is O=NC1CCCc2cc(I)ccc21. The second kappa shape index (κ2) is 3.74. The summed E-state index contributed by atoms with van der Waals surface area (Å²) in [6, 6.07) is 6.15. The monoisotopic (exact) mass is 287 g/mol. The molecule has 1 unspecified atom stereocenters. The number of nitroso groups, excluding NO2 is 1. The van der Waals surface area contributed by atoms with Crippen LogP contribution in [-0.2, 0) is 6.42 Å². The third-order valence-corrected chi connectivity index (χ3v) is 3.19. The average Bonchev–Trinajstić information content (AvgIpc) is 2.16. The highest BCUT2D eigenvalue weighted by molar-refractivity contribution is 14.1. The third-order valence-electron chi connectivity index (χ3n) is 2.51. The maximum Gasteiger partial charge on any atom is 0.117 e. The molecule has 1 aliphatic carbocycles. The van der Waals surface area contributed by atoms with Gasteiger partial charge in [-0.15, -0.1) is 0 Å². The lowest BCUT2D eigenvalue weighted by Crippen LogP contribution is -2.07. The van der Waals surface area contributed by atoms with Gasteiger partial charge in [-0.2, -0.15) is 4.91 Å². The second-order valence-corrected chi connectivity index (χ2v) is 4.60. The zero-order chi connectivity index (χ0) is 9.26. The summed E-state index contributed by atoms with van der Waals surface area (Å²) in [6.07, 6.45) is 3.10. The van der Waals surface area contributed by atoms with Gasteiger partial charge < -0.3 is 0 Å². The van der Waals surface area contributed by atoms with Crippen LogP contribution in [0.5, 0.6) is 0 Å². The summed E-state index contributed by atoms with van der Waals surface area (Å²) in [5.41, 5.74) is 2.45. The molecule has 0 fully saturated rings. The number of rotatable bonds is 1. The Bertz CT molecular complexity index is 338. The summed E-state index contributed by atoms with van der Waals surface area (Å²) in [4.78, 5) is 10.6. The molecule has 0 spiro atoms. The highest BCUT2D eigenvalue weighted by atomic mass is 127. The Kier molecular flexibility index (Phi) is 2.62. The Morgan fingerprint density at radius 2 is 2.31 bits per heavy atom. The van der Waals surface area contributed by atoms with Crippen LogP contribution in [-0.4, -0.2) is 0 Å². The molecule has 0 heterocycles. The molecule has 0 aliphatic heterocycles. The Balaban J connectivity index is 2.45. The lowest BCUT2D eigenvalue weighted by molar-refractivity contribution is 0.569. The molecule has 0 amide bonds. The predicted molar refractivity (Wildman–Crippen MR) is 60.6 cm³/mol. The molecular weight excluding hydrogens is 277 g/mol. The molecule has 13 heavy (non-hydrogen) atoms. The summed E-state index contributed by atoms with van der Waals surface area (Å²) < 4.78 is 1.24. The Labute approximate surface area is 90.8 Å². The van der Waals surface area contributed by atoms with Gasteiger partial charge in [-0.25, -0.2) is 0 Å². The number of halogens is 1. The molecule has 0 saturated carbocycles. The molecule has 0 bridgehead atoms. The van der Waals surface area contributed by atoms with Crippen LogP contribution in [0.25, 0.3) is 0 Å². The number of nitrogens with zero attached hydrogens (tertiary/aromatic N) is 1. The van der Waals surface area contributed by atoms with E-state index in [4.69, 9.17) is 0 Å². The van der Waals surface area contributed by atoms with Crippen molar-refractivity contribution in [2.24, 2.45) is 5.18 Å². The molecule has 0 saturated heterocycles. The number of hydrogen-bond donors (Lipinski definition) is 0. The van der Waals surface area contributed by atoms with Crippen molar-refractivity contribution in [1.29, 1.82) is 0 Å². The first-order chi connectivity index (χ1) is 6.31. The van der Waals surface area contributed by atoms with E-state index in [1.54, 1.807) is 0 Å². The minimum Gasteiger partial charge on any atom is -0.150 e. The van der Waals surface area contributed by atoms with E-state index in [1.165, 1.54) is 9.13 Å². The smallest absolute Gasteiger partial charge is 0.117 e. The lowest BCUT2D eigenvalue weighted by Gasteiger charge is -2.19. The van der Waals surface area contributed by atoms with Crippen molar-refractivity contribution < 1.29 is 0 Å².